The molecule has 146 valence electrons. The predicted molar refractivity (Wildman–Crippen MR) is 110 cm³/mol. The van der Waals surface area contributed by atoms with Crippen molar-refractivity contribution in [3.63, 3.8) is 0 Å². The Labute approximate surface area is 162 Å². The topological polar surface area (TPSA) is 46.6 Å². The molecule has 1 aromatic heterocycles. The van der Waals surface area contributed by atoms with E-state index in [1.165, 1.54) is 50.2 Å². The summed E-state index contributed by atoms with van der Waals surface area (Å²) < 4.78 is 10.2. The lowest BCUT2D eigenvalue weighted by Gasteiger charge is -2.27. The van der Waals surface area contributed by atoms with Gasteiger partial charge in [0, 0.05) is 19.3 Å². The summed E-state index contributed by atoms with van der Waals surface area (Å²) in [6, 6.07) is 12.0. The number of aromatic nitrogens is 1. The lowest BCUT2D eigenvalue weighted by Crippen LogP contribution is -2.30. The predicted octanol–water partition coefficient (Wildman–Crippen LogP) is 4.03. The van der Waals surface area contributed by atoms with E-state index < -0.39 is 0 Å². The number of para-hydroxylation sites is 2. The highest BCUT2D eigenvalue weighted by Gasteiger charge is 2.12. The molecule has 1 aromatic carbocycles. The van der Waals surface area contributed by atoms with Gasteiger partial charge in [0.25, 0.3) is 0 Å². The van der Waals surface area contributed by atoms with Gasteiger partial charge in [-0.25, -0.2) is 4.98 Å². The lowest BCUT2D eigenvalue weighted by atomic mass is 10.1. The molecule has 2 aromatic rings. The van der Waals surface area contributed by atoms with Crippen LogP contribution in [0.15, 0.2) is 42.6 Å². The maximum Gasteiger partial charge on any atom is 0.231 e. The summed E-state index contributed by atoms with van der Waals surface area (Å²) in [5.74, 6) is 2.86. The molecule has 2 aliphatic rings. The first-order valence-corrected chi connectivity index (χ1v) is 10.1. The van der Waals surface area contributed by atoms with E-state index in [0.29, 0.717) is 6.79 Å². The van der Waals surface area contributed by atoms with Crippen molar-refractivity contribution in [2.75, 3.05) is 37.9 Å². The van der Waals surface area contributed by atoms with Crippen molar-refractivity contribution in [1.82, 2.24) is 10.3 Å². The van der Waals surface area contributed by atoms with Gasteiger partial charge in [-0.15, -0.1) is 0 Å². The molecule has 0 aliphatic carbocycles. The summed E-state index contributed by atoms with van der Waals surface area (Å²) >= 11 is 0. The fraction of sp³-hybridized carbons (Fsp3) is 0.500. The molecule has 0 radical (unpaired) electrons. The van der Waals surface area contributed by atoms with Crippen LogP contribution in [0.1, 0.15) is 38.2 Å². The van der Waals surface area contributed by atoms with Crippen LogP contribution in [0.2, 0.25) is 0 Å². The molecule has 5 heteroatoms. The van der Waals surface area contributed by atoms with Crippen LogP contribution in [0, 0.1) is 0 Å². The van der Waals surface area contributed by atoms with Gasteiger partial charge in [-0.05, 0) is 75.0 Å². The Hall–Kier alpha value is -2.27. The summed E-state index contributed by atoms with van der Waals surface area (Å²) in [4.78, 5) is 6.94. The Balaban J connectivity index is 0.000000193. The third-order valence-corrected chi connectivity index (χ3v) is 4.79. The molecule has 0 unspecified atom stereocenters. The third-order valence-electron chi connectivity index (χ3n) is 4.79. The number of nitrogens with zero attached hydrogens (tertiary/aromatic N) is 2. The summed E-state index contributed by atoms with van der Waals surface area (Å²) in [6.07, 6.45) is 8.25. The normalized spacial score (nSPS) is 15.2. The minimum atomic E-state index is 0.360. The highest BCUT2D eigenvalue weighted by molar-refractivity contribution is 5.41. The number of hydrogen-bond donors (Lipinski definition) is 1. The van der Waals surface area contributed by atoms with E-state index in [9.17, 15) is 0 Å². The molecule has 3 heterocycles. The van der Waals surface area contributed by atoms with E-state index in [0.717, 1.165) is 31.0 Å². The highest BCUT2D eigenvalue weighted by Crippen LogP contribution is 2.30. The van der Waals surface area contributed by atoms with Crippen LogP contribution in [0.4, 0.5) is 5.82 Å². The Morgan fingerprint density at radius 2 is 1.74 bits per heavy atom. The van der Waals surface area contributed by atoms with Crippen molar-refractivity contribution >= 4 is 5.82 Å². The Morgan fingerprint density at radius 1 is 1.00 bits per heavy atom. The number of piperidine rings is 1. The Bertz CT molecular complexity index is 664. The van der Waals surface area contributed by atoms with Crippen LogP contribution >= 0.6 is 0 Å². The molecule has 27 heavy (non-hydrogen) atoms. The van der Waals surface area contributed by atoms with E-state index in [1.807, 2.05) is 30.5 Å². The number of pyridine rings is 1. The van der Waals surface area contributed by atoms with Crippen molar-refractivity contribution in [1.29, 1.82) is 0 Å². The number of hydrogen-bond acceptors (Lipinski definition) is 5. The second-order valence-corrected chi connectivity index (χ2v) is 6.92. The number of fused-ring (bicyclic) bond motifs is 1. The van der Waals surface area contributed by atoms with Crippen molar-refractivity contribution in [3.05, 3.63) is 48.2 Å². The smallest absolute Gasteiger partial charge is 0.231 e. The van der Waals surface area contributed by atoms with Crippen molar-refractivity contribution in [3.8, 4) is 11.5 Å². The van der Waals surface area contributed by atoms with Gasteiger partial charge in [-0.1, -0.05) is 19.1 Å². The minimum absolute atomic E-state index is 0.360. The molecule has 1 saturated heterocycles. The first-order valence-electron chi connectivity index (χ1n) is 10.1. The number of ether oxygens (including phenoxy) is 2. The number of benzene rings is 1. The molecule has 0 saturated carbocycles. The van der Waals surface area contributed by atoms with Gasteiger partial charge >= 0.3 is 0 Å². The highest BCUT2D eigenvalue weighted by atomic mass is 16.7. The second kappa shape index (κ2) is 10.8. The van der Waals surface area contributed by atoms with Crippen LogP contribution in [0.5, 0.6) is 11.5 Å². The van der Waals surface area contributed by atoms with E-state index in [1.54, 1.807) is 0 Å². The Morgan fingerprint density at radius 3 is 2.44 bits per heavy atom. The summed E-state index contributed by atoms with van der Waals surface area (Å²) in [7, 11) is 0. The van der Waals surface area contributed by atoms with Gasteiger partial charge < -0.3 is 19.7 Å². The summed E-state index contributed by atoms with van der Waals surface area (Å²) in [6.45, 7) is 7.09. The quantitative estimate of drug-likeness (QED) is 0.779. The molecule has 4 rings (SSSR count). The van der Waals surface area contributed by atoms with E-state index in [-0.39, 0.29) is 0 Å². The van der Waals surface area contributed by atoms with Crippen molar-refractivity contribution in [2.24, 2.45) is 0 Å². The van der Waals surface area contributed by atoms with Crippen LogP contribution in [-0.2, 0) is 6.42 Å². The molecular formula is C22H31N3O2. The standard InChI is InChI=1S/C15H25N3.C7H6O2/c1-2-8-16-9-6-14-7-10-17-15(13-14)18-11-4-3-5-12-18;1-2-4-7-6(3-1)8-5-9-7/h7,10,13,16H,2-6,8-9,11-12H2,1H3;1-4H,5H2. The van der Waals surface area contributed by atoms with Crippen molar-refractivity contribution in [2.45, 2.75) is 39.0 Å². The van der Waals surface area contributed by atoms with Gasteiger partial charge in [-0.3, -0.25) is 0 Å². The minimum Gasteiger partial charge on any atom is -0.454 e. The summed E-state index contributed by atoms with van der Waals surface area (Å²) in [5.41, 5.74) is 1.40. The first kappa shape index (κ1) is 19.5. The fourth-order valence-electron chi connectivity index (χ4n) is 3.29. The zero-order valence-corrected chi connectivity index (χ0v) is 16.3. The number of rotatable bonds is 6. The Kier molecular flexibility index (Phi) is 7.78. The number of nitrogens with one attached hydrogen (secondary N) is 1. The third kappa shape index (κ3) is 6.14. The van der Waals surface area contributed by atoms with E-state index in [4.69, 9.17) is 9.47 Å². The average molecular weight is 370 g/mol. The van der Waals surface area contributed by atoms with Crippen LogP contribution < -0.4 is 19.7 Å². The molecule has 0 spiro atoms. The van der Waals surface area contributed by atoms with E-state index in [2.05, 4.69) is 34.3 Å². The van der Waals surface area contributed by atoms with E-state index >= 15 is 0 Å². The SMILES string of the molecule is CCCNCCc1ccnc(N2CCCCC2)c1.c1ccc2c(c1)OCO2. The fourth-order valence-corrected chi connectivity index (χ4v) is 3.29. The van der Waals surface area contributed by atoms with Crippen LogP contribution in [0.3, 0.4) is 0 Å². The maximum atomic E-state index is 5.08. The first-order chi connectivity index (χ1) is 13.4. The molecule has 5 nitrogen and oxygen atoms in total. The largest absolute Gasteiger partial charge is 0.454 e. The van der Waals surface area contributed by atoms with Gasteiger partial charge in [0.2, 0.25) is 6.79 Å². The van der Waals surface area contributed by atoms with Gasteiger partial charge in [-0.2, -0.15) is 0 Å². The molecule has 1 N–H and O–H groups in total. The van der Waals surface area contributed by atoms with Crippen LogP contribution in [0.25, 0.3) is 0 Å². The van der Waals surface area contributed by atoms with Crippen molar-refractivity contribution < 1.29 is 9.47 Å². The molecule has 0 atom stereocenters. The van der Waals surface area contributed by atoms with Gasteiger partial charge in [0.05, 0.1) is 0 Å². The van der Waals surface area contributed by atoms with Crippen LogP contribution in [-0.4, -0.2) is 38.0 Å². The molecule has 0 amide bonds. The number of anilines is 1. The van der Waals surface area contributed by atoms with Gasteiger partial charge in [0.1, 0.15) is 5.82 Å². The zero-order chi connectivity index (χ0) is 18.7. The van der Waals surface area contributed by atoms with Gasteiger partial charge in [0.15, 0.2) is 11.5 Å². The molecule has 0 bridgehead atoms. The average Bonchev–Trinajstić information content (AvgIpc) is 3.22. The zero-order valence-electron chi connectivity index (χ0n) is 16.3. The summed E-state index contributed by atoms with van der Waals surface area (Å²) in [5, 5.41) is 3.45. The molecule has 1 fully saturated rings. The molecule has 2 aliphatic heterocycles. The molecular weight excluding hydrogens is 338 g/mol. The maximum absolute atomic E-state index is 5.08. The lowest BCUT2D eigenvalue weighted by molar-refractivity contribution is 0.174. The monoisotopic (exact) mass is 369 g/mol. The second-order valence-electron chi connectivity index (χ2n) is 6.92.